The molecule has 3 heterocycles. The van der Waals surface area contributed by atoms with Crippen LogP contribution in [0.15, 0.2) is 66.3 Å². The van der Waals surface area contributed by atoms with Crippen molar-refractivity contribution in [3.8, 4) is 5.75 Å². The van der Waals surface area contributed by atoms with Crippen LogP contribution in [-0.2, 0) is 25.9 Å². The van der Waals surface area contributed by atoms with Crippen molar-refractivity contribution in [2.45, 2.75) is 51.6 Å². The molecule has 9 nitrogen and oxygen atoms in total. The normalized spacial score (nSPS) is 15.3. The van der Waals surface area contributed by atoms with E-state index in [1.807, 2.05) is 24.5 Å². The zero-order chi connectivity index (χ0) is 31.8. The van der Waals surface area contributed by atoms with Gasteiger partial charge >= 0.3 is 27.0 Å². The Kier molecular flexibility index (Phi) is 15.7. The summed E-state index contributed by atoms with van der Waals surface area (Å²) in [5.41, 5.74) is 19.4. The van der Waals surface area contributed by atoms with Crippen LogP contribution in [0.25, 0.3) is 33.3 Å². The third-order valence-corrected chi connectivity index (χ3v) is 9.10. The molecule has 5 aromatic rings. The minimum absolute atomic E-state index is 0. The number of pyridine rings is 2. The SMILES string of the molecule is Cc1c(C)c2cccnc2c2ncccc12.O.O=C(O)COc1ccc(C(=O)c2cccs2)c(Cl)c1Cl.[NH-]C1CCCC[C@@H]1[NH-].[Pt+2]. The first-order valence-electron chi connectivity index (χ1n) is 14.0. The van der Waals surface area contributed by atoms with E-state index >= 15 is 0 Å². The average molecular weight is 865 g/mol. The Labute approximate surface area is 295 Å². The van der Waals surface area contributed by atoms with Crippen molar-refractivity contribution in [2.24, 2.45) is 0 Å². The number of aromatic nitrogens is 2. The molecule has 0 spiro atoms. The van der Waals surface area contributed by atoms with Crippen LogP contribution in [0.1, 0.15) is 52.0 Å². The predicted molar refractivity (Wildman–Crippen MR) is 182 cm³/mol. The number of carboxylic acid groups (broad SMARTS) is 1. The van der Waals surface area contributed by atoms with E-state index in [1.54, 1.807) is 17.5 Å². The second-order valence-corrected chi connectivity index (χ2v) is 12.0. The van der Waals surface area contributed by atoms with Crippen molar-refractivity contribution in [1.82, 2.24) is 9.97 Å². The average Bonchev–Trinajstić information content (AvgIpc) is 3.58. The number of aliphatic carboxylic acids is 1. The summed E-state index contributed by atoms with van der Waals surface area (Å²) < 4.78 is 4.98. The molecule has 1 unspecified atom stereocenters. The molecule has 1 saturated carbocycles. The maximum Gasteiger partial charge on any atom is 2.00 e. The number of rotatable bonds is 5. The van der Waals surface area contributed by atoms with Crippen LogP contribution < -0.4 is 4.74 Å². The maximum atomic E-state index is 12.2. The first-order chi connectivity index (χ1) is 21.1. The number of carboxylic acids is 1. The molecular formula is C33H34Cl2N4O5PtS. The molecule has 1 aliphatic carbocycles. The topological polar surface area (TPSA) is 168 Å². The van der Waals surface area contributed by atoms with Crippen LogP contribution >= 0.6 is 34.5 Å². The van der Waals surface area contributed by atoms with Crippen molar-refractivity contribution in [3.05, 3.63) is 109 Å². The van der Waals surface area contributed by atoms with Gasteiger partial charge in [0.2, 0.25) is 5.78 Å². The van der Waals surface area contributed by atoms with Crippen molar-refractivity contribution >= 4 is 68.1 Å². The fraction of sp³-hybridized carbons (Fsp3) is 0.273. The van der Waals surface area contributed by atoms with Crippen LogP contribution in [0.3, 0.4) is 0 Å². The van der Waals surface area contributed by atoms with E-state index in [0.29, 0.717) is 4.88 Å². The Morgan fingerprint density at radius 3 is 1.89 bits per heavy atom. The molecule has 0 saturated heterocycles. The van der Waals surface area contributed by atoms with E-state index < -0.39 is 12.6 Å². The molecule has 1 fully saturated rings. The number of hydrogen-bond donors (Lipinski definition) is 1. The van der Waals surface area contributed by atoms with Crippen LogP contribution in [-0.4, -0.2) is 51.0 Å². The molecule has 0 bridgehead atoms. The van der Waals surface area contributed by atoms with E-state index in [0.717, 1.165) is 23.9 Å². The van der Waals surface area contributed by atoms with Crippen LogP contribution in [0, 0.1) is 13.8 Å². The molecule has 2 aromatic carbocycles. The molecule has 1 aliphatic rings. The molecule has 13 heteroatoms. The van der Waals surface area contributed by atoms with Gasteiger partial charge in [-0.05, 0) is 60.7 Å². The van der Waals surface area contributed by atoms with E-state index in [1.165, 1.54) is 58.2 Å². The first kappa shape index (κ1) is 39.2. The minimum Gasteiger partial charge on any atom is -0.676 e. The number of carbonyl (C=O) groups is 2. The molecule has 5 N–H and O–H groups in total. The predicted octanol–water partition coefficient (Wildman–Crippen LogP) is 8.72. The standard InChI is InChI=1S/C14H12N2.C13H8Cl2O4S.C6H12N2.H2O.Pt/c1-9-10(2)12-6-4-8-16-14(12)13-11(9)5-3-7-15-13;14-11-7(13(18)9-2-1-5-20-9)3-4-8(12(11)15)19-6-10(16)17;7-5-3-1-2-4-6(5)8;;/h3-8H,1-2H3;1-5H,6H2,(H,16,17);5-8H,1-4H2;1H2;/q;;-2;;+2/t;;5-,6?;;/m..0../s1. The number of benzene rings is 2. The summed E-state index contributed by atoms with van der Waals surface area (Å²) in [6, 6.07) is 14.4. The second-order valence-electron chi connectivity index (χ2n) is 10.3. The molecule has 246 valence electrons. The monoisotopic (exact) mass is 863 g/mol. The minimum atomic E-state index is -1.13. The van der Waals surface area contributed by atoms with Gasteiger partial charge in [-0.1, -0.05) is 67.1 Å². The summed E-state index contributed by atoms with van der Waals surface area (Å²) in [5.74, 6) is -1.24. The van der Waals surface area contributed by atoms with Gasteiger partial charge in [-0.2, -0.15) is 12.1 Å². The van der Waals surface area contributed by atoms with Gasteiger partial charge in [0.15, 0.2) is 6.61 Å². The maximum absolute atomic E-state index is 12.2. The number of fused-ring (bicyclic) bond motifs is 3. The zero-order valence-electron chi connectivity index (χ0n) is 25.1. The zero-order valence-corrected chi connectivity index (χ0v) is 29.7. The van der Waals surface area contributed by atoms with E-state index in [9.17, 15) is 9.59 Å². The van der Waals surface area contributed by atoms with E-state index in [2.05, 4.69) is 35.9 Å². The van der Waals surface area contributed by atoms with Gasteiger partial charge in [0.1, 0.15) is 10.8 Å². The number of ether oxygens (including phenoxy) is 1. The molecule has 3 aromatic heterocycles. The molecular weight excluding hydrogens is 830 g/mol. The van der Waals surface area contributed by atoms with Gasteiger partial charge in [-0.3, -0.25) is 14.8 Å². The molecule has 0 aliphatic heterocycles. The van der Waals surface area contributed by atoms with E-state index in [4.69, 9.17) is 44.5 Å². The number of aryl methyl sites for hydroxylation is 2. The Hall–Kier alpha value is -2.95. The summed E-state index contributed by atoms with van der Waals surface area (Å²) >= 11 is 13.3. The van der Waals surface area contributed by atoms with Gasteiger partial charge in [-0.15, -0.1) is 11.3 Å². The number of hydrogen-bond acceptors (Lipinski definition) is 6. The molecule has 0 radical (unpaired) electrons. The molecule has 46 heavy (non-hydrogen) atoms. The van der Waals surface area contributed by atoms with Gasteiger partial charge in [0.25, 0.3) is 0 Å². The fourth-order valence-electron chi connectivity index (χ4n) is 4.83. The summed E-state index contributed by atoms with van der Waals surface area (Å²) in [6.07, 6.45) is 7.89. The van der Waals surface area contributed by atoms with E-state index in [-0.39, 0.29) is 65.8 Å². The summed E-state index contributed by atoms with van der Waals surface area (Å²) in [6.45, 7) is 3.76. The Bertz CT molecular complexity index is 1700. The number of thiophene rings is 1. The summed E-state index contributed by atoms with van der Waals surface area (Å²) in [7, 11) is 0. The van der Waals surface area contributed by atoms with Gasteiger partial charge in [0.05, 0.1) is 20.9 Å². The van der Waals surface area contributed by atoms with Crippen molar-refractivity contribution < 1.29 is 46.0 Å². The smallest absolute Gasteiger partial charge is 0.676 e. The quantitative estimate of drug-likeness (QED) is 0.137. The Morgan fingerprint density at radius 1 is 0.891 bits per heavy atom. The Morgan fingerprint density at radius 2 is 1.43 bits per heavy atom. The fourth-order valence-corrected chi connectivity index (χ4v) is 5.97. The van der Waals surface area contributed by atoms with Gasteiger partial charge in [0, 0.05) is 28.7 Å². The van der Waals surface area contributed by atoms with Gasteiger partial charge < -0.3 is 26.8 Å². The first-order valence-corrected chi connectivity index (χ1v) is 15.6. The van der Waals surface area contributed by atoms with Crippen LogP contribution in [0.4, 0.5) is 0 Å². The third kappa shape index (κ3) is 9.55. The Balaban J connectivity index is 0.000000254. The van der Waals surface area contributed by atoms with Crippen molar-refractivity contribution in [1.29, 1.82) is 0 Å². The number of halogens is 2. The summed E-state index contributed by atoms with van der Waals surface area (Å²) in [4.78, 5) is 32.1. The number of ketones is 1. The molecule has 2 atom stereocenters. The molecule has 6 rings (SSSR count). The summed E-state index contributed by atoms with van der Waals surface area (Å²) in [5, 5.41) is 12.8. The largest absolute Gasteiger partial charge is 2.00 e. The van der Waals surface area contributed by atoms with Crippen LogP contribution in [0.5, 0.6) is 5.75 Å². The second kappa shape index (κ2) is 18.4. The number of nitrogens with one attached hydrogen (secondary N) is 2. The third-order valence-electron chi connectivity index (χ3n) is 7.36. The van der Waals surface area contributed by atoms with Crippen LogP contribution in [0.2, 0.25) is 10.0 Å². The number of carbonyl (C=O) groups excluding carboxylic acids is 1. The van der Waals surface area contributed by atoms with Gasteiger partial charge in [-0.25, -0.2) is 4.79 Å². The van der Waals surface area contributed by atoms with Crippen molar-refractivity contribution in [2.75, 3.05) is 6.61 Å². The van der Waals surface area contributed by atoms with Crippen molar-refractivity contribution in [3.63, 3.8) is 0 Å². The number of nitrogens with zero attached hydrogens (tertiary/aromatic N) is 2. The molecule has 0 amide bonds.